The van der Waals surface area contributed by atoms with Gasteiger partial charge in [0.05, 0.1) is 5.60 Å². The van der Waals surface area contributed by atoms with Gasteiger partial charge < -0.3 is 15.3 Å². The Morgan fingerprint density at radius 3 is 2.40 bits per heavy atom. The molecule has 5 nitrogen and oxygen atoms in total. The molecule has 1 aromatic heterocycles. The molecule has 0 fully saturated rings. The van der Waals surface area contributed by atoms with Gasteiger partial charge in [0, 0.05) is 32.1 Å². The monoisotopic (exact) mass is 280 g/mol. The summed E-state index contributed by atoms with van der Waals surface area (Å²) in [5, 5.41) is 13.3. The quantitative estimate of drug-likeness (QED) is 0.803. The van der Waals surface area contributed by atoms with Crippen LogP contribution in [-0.2, 0) is 6.42 Å². The van der Waals surface area contributed by atoms with Crippen LogP contribution in [0.3, 0.4) is 0 Å². The van der Waals surface area contributed by atoms with Crippen LogP contribution in [0.1, 0.15) is 45.5 Å². The average molecular weight is 280 g/mol. The first kappa shape index (κ1) is 16.7. The van der Waals surface area contributed by atoms with E-state index in [2.05, 4.69) is 22.2 Å². The molecule has 0 saturated heterocycles. The molecule has 0 bridgehead atoms. The highest BCUT2D eigenvalue weighted by molar-refractivity contribution is 5.58. The Kier molecular flexibility index (Phi) is 5.74. The predicted molar refractivity (Wildman–Crippen MR) is 84.5 cm³/mol. The van der Waals surface area contributed by atoms with Gasteiger partial charge in [-0.2, -0.15) is 0 Å². The minimum Gasteiger partial charge on any atom is -0.389 e. The molecule has 0 aliphatic rings. The lowest BCUT2D eigenvalue weighted by molar-refractivity contribution is 0.0884. The van der Waals surface area contributed by atoms with Crippen molar-refractivity contribution in [2.24, 2.45) is 0 Å². The molecule has 0 unspecified atom stereocenters. The third-order valence-electron chi connectivity index (χ3n) is 3.01. The van der Waals surface area contributed by atoms with Crippen LogP contribution in [0.25, 0.3) is 0 Å². The zero-order valence-corrected chi connectivity index (χ0v) is 13.6. The van der Waals surface area contributed by atoms with Crippen LogP contribution in [0.15, 0.2) is 0 Å². The van der Waals surface area contributed by atoms with Crippen molar-refractivity contribution in [3.63, 3.8) is 0 Å². The number of nitrogens with one attached hydrogen (secondary N) is 1. The molecule has 0 aromatic carbocycles. The maximum Gasteiger partial charge on any atom is 0.137 e. The van der Waals surface area contributed by atoms with Crippen LogP contribution < -0.4 is 10.2 Å². The van der Waals surface area contributed by atoms with Gasteiger partial charge in [0.15, 0.2) is 0 Å². The molecule has 114 valence electrons. The van der Waals surface area contributed by atoms with E-state index in [1.54, 1.807) is 13.8 Å². The van der Waals surface area contributed by atoms with Gasteiger partial charge in [-0.15, -0.1) is 0 Å². The van der Waals surface area contributed by atoms with Crippen molar-refractivity contribution < 1.29 is 5.11 Å². The molecular formula is C15H28N4O. The van der Waals surface area contributed by atoms with Crippen molar-refractivity contribution >= 4 is 11.6 Å². The van der Waals surface area contributed by atoms with E-state index in [4.69, 9.17) is 0 Å². The molecule has 1 aromatic rings. The fourth-order valence-electron chi connectivity index (χ4n) is 2.15. The van der Waals surface area contributed by atoms with Crippen LogP contribution >= 0.6 is 0 Å². The molecule has 0 spiro atoms. The topological polar surface area (TPSA) is 61.3 Å². The number of hydrogen-bond acceptors (Lipinski definition) is 5. The number of nitrogens with zero attached hydrogens (tertiary/aromatic N) is 3. The molecule has 0 saturated carbocycles. The maximum atomic E-state index is 9.98. The Morgan fingerprint density at radius 2 is 1.90 bits per heavy atom. The van der Waals surface area contributed by atoms with E-state index in [-0.39, 0.29) is 0 Å². The lowest BCUT2D eigenvalue weighted by Gasteiger charge is -2.28. The van der Waals surface area contributed by atoms with E-state index in [0.717, 1.165) is 42.4 Å². The second-order valence-electron chi connectivity index (χ2n) is 5.89. The van der Waals surface area contributed by atoms with Gasteiger partial charge in [-0.05, 0) is 27.2 Å². The number of aromatic nitrogens is 2. The number of aryl methyl sites for hydroxylation is 1. The molecule has 5 heteroatoms. The normalized spacial score (nSPS) is 11.6. The van der Waals surface area contributed by atoms with Crippen molar-refractivity contribution in [1.29, 1.82) is 0 Å². The Labute approximate surface area is 122 Å². The highest BCUT2D eigenvalue weighted by Gasteiger charge is 2.20. The summed E-state index contributed by atoms with van der Waals surface area (Å²) in [4.78, 5) is 11.2. The summed E-state index contributed by atoms with van der Waals surface area (Å²) in [6.07, 6.45) is 1.85. The average Bonchev–Trinajstić information content (AvgIpc) is 2.35. The summed E-state index contributed by atoms with van der Waals surface area (Å²) in [6, 6.07) is 0. The minimum atomic E-state index is -0.754. The number of likely N-dealkylation sites (N-methyl/N-ethyl adjacent to an activating group) is 1. The second kappa shape index (κ2) is 6.88. The summed E-state index contributed by atoms with van der Waals surface area (Å²) in [7, 11) is 1.95. The van der Waals surface area contributed by atoms with E-state index in [1.807, 2.05) is 25.8 Å². The molecule has 0 radical (unpaired) electrons. The Bertz CT molecular complexity index is 440. The first-order chi connectivity index (χ1) is 9.28. The highest BCUT2D eigenvalue weighted by atomic mass is 16.3. The lowest BCUT2D eigenvalue weighted by Crippen LogP contribution is -2.37. The highest BCUT2D eigenvalue weighted by Crippen LogP contribution is 2.24. The molecule has 0 aliphatic heterocycles. The third kappa shape index (κ3) is 4.63. The largest absolute Gasteiger partial charge is 0.389 e. The Balaban J connectivity index is 3.10. The summed E-state index contributed by atoms with van der Waals surface area (Å²) < 4.78 is 0. The molecular weight excluding hydrogens is 252 g/mol. The second-order valence-corrected chi connectivity index (χ2v) is 5.89. The lowest BCUT2D eigenvalue weighted by atomic mass is 10.1. The first-order valence-corrected chi connectivity index (χ1v) is 7.33. The SMILES string of the molecule is CCCNc1nc(CC)nc(N(C)CC(C)(C)O)c1C. The fraction of sp³-hybridized carbons (Fsp3) is 0.733. The Hall–Kier alpha value is -1.36. The zero-order chi connectivity index (χ0) is 15.3. The van der Waals surface area contributed by atoms with Gasteiger partial charge in [-0.1, -0.05) is 13.8 Å². The van der Waals surface area contributed by atoms with Crippen LogP contribution in [-0.4, -0.2) is 40.8 Å². The zero-order valence-electron chi connectivity index (χ0n) is 13.6. The minimum absolute atomic E-state index is 0.529. The molecule has 0 atom stereocenters. The van der Waals surface area contributed by atoms with Crippen molar-refractivity contribution in [3.05, 3.63) is 11.4 Å². The number of anilines is 2. The molecule has 1 heterocycles. The van der Waals surface area contributed by atoms with Gasteiger partial charge in [-0.3, -0.25) is 0 Å². The van der Waals surface area contributed by atoms with Crippen LogP contribution in [0, 0.1) is 6.92 Å². The van der Waals surface area contributed by atoms with Crippen molar-refractivity contribution in [2.75, 3.05) is 30.4 Å². The summed E-state index contributed by atoms with van der Waals surface area (Å²) in [6.45, 7) is 11.2. The van der Waals surface area contributed by atoms with Gasteiger partial charge in [0.1, 0.15) is 17.5 Å². The van der Waals surface area contributed by atoms with E-state index in [0.29, 0.717) is 6.54 Å². The van der Waals surface area contributed by atoms with Crippen molar-refractivity contribution in [2.45, 2.75) is 53.1 Å². The molecule has 0 amide bonds. The molecule has 2 N–H and O–H groups in total. The van der Waals surface area contributed by atoms with Crippen molar-refractivity contribution in [3.8, 4) is 0 Å². The van der Waals surface area contributed by atoms with Gasteiger partial charge in [-0.25, -0.2) is 9.97 Å². The van der Waals surface area contributed by atoms with Gasteiger partial charge in [0.2, 0.25) is 0 Å². The van der Waals surface area contributed by atoms with Gasteiger partial charge >= 0.3 is 0 Å². The van der Waals surface area contributed by atoms with Crippen LogP contribution in [0.2, 0.25) is 0 Å². The Morgan fingerprint density at radius 1 is 1.25 bits per heavy atom. The predicted octanol–water partition coefficient (Wildman–Crippen LogP) is 2.38. The van der Waals surface area contributed by atoms with E-state index in [9.17, 15) is 5.11 Å². The van der Waals surface area contributed by atoms with Gasteiger partial charge in [0.25, 0.3) is 0 Å². The summed E-state index contributed by atoms with van der Waals surface area (Å²) >= 11 is 0. The third-order valence-corrected chi connectivity index (χ3v) is 3.01. The van der Waals surface area contributed by atoms with Crippen molar-refractivity contribution in [1.82, 2.24) is 9.97 Å². The van der Waals surface area contributed by atoms with E-state index in [1.165, 1.54) is 0 Å². The van der Waals surface area contributed by atoms with Crippen LogP contribution in [0.4, 0.5) is 11.6 Å². The summed E-state index contributed by atoms with van der Waals surface area (Å²) in [5.74, 6) is 2.61. The first-order valence-electron chi connectivity index (χ1n) is 7.33. The molecule has 1 rings (SSSR count). The van der Waals surface area contributed by atoms with E-state index >= 15 is 0 Å². The molecule has 20 heavy (non-hydrogen) atoms. The smallest absolute Gasteiger partial charge is 0.137 e. The summed E-state index contributed by atoms with van der Waals surface area (Å²) in [5.41, 5.74) is 0.276. The molecule has 0 aliphatic carbocycles. The van der Waals surface area contributed by atoms with Crippen LogP contribution in [0.5, 0.6) is 0 Å². The number of aliphatic hydroxyl groups is 1. The number of hydrogen-bond donors (Lipinski definition) is 2. The standard InChI is InChI=1S/C15H28N4O/c1-7-9-16-13-11(3)14(18-12(8-2)17-13)19(6)10-15(4,5)20/h20H,7-10H2,1-6H3,(H,16,17,18). The fourth-order valence-corrected chi connectivity index (χ4v) is 2.15. The van der Waals surface area contributed by atoms with E-state index < -0.39 is 5.60 Å². The number of rotatable bonds is 7. The maximum absolute atomic E-state index is 9.98.